The van der Waals surface area contributed by atoms with Crippen molar-refractivity contribution in [3.63, 3.8) is 0 Å². The number of carbonyl (C=O) groups is 2. The van der Waals surface area contributed by atoms with Gasteiger partial charge in [0.25, 0.3) is 5.91 Å². The van der Waals surface area contributed by atoms with Crippen LogP contribution in [0.2, 0.25) is 0 Å². The first-order valence-corrected chi connectivity index (χ1v) is 10.3. The number of aliphatic carboxylic acids is 1. The van der Waals surface area contributed by atoms with E-state index in [0.717, 1.165) is 38.9 Å². The lowest BCUT2D eigenvalue weighted by atomic mass is 9.92. The van der Waals surface area contributed by atoms with Gasteiger partial charge in [-0.2, -0.15) is 0 Å². The van der Waals surface area contributed by atoms with E-state index in [2.05, 4.69) is 29.2 Å². The number of rotatable bonds is 4. The van der Waals surface area contributed by atoms with Crippen molar-refractivity contribution in [3.05, 3.63) is 95.1 Å². The van der Waals surface area contributed by atoms with E-state index in [-0.39, 0.29) is 5.91 Å². The third-order valence-electron chi connectivity index (χ3n) is 6.13. The van der Waals surface area contributed by atoms with Crippen LogP contribution in [0, 0.1) is 6.92 Å². The summed E-state index contributed by atoms with van der Waals surface area (Å²) in [5.74, 6) is -1.28. The SMILES string of the molecule is Cc1ccc(-c2[nH]c3ccccc3c2[C@@H]2c3ccccc3C(=O)N2[C@@H](C)C(=O)O)cc1. The van der Waals surface area contributed by atoms with Gasteiger partial charge in [-0.05, 0) is 37.1 Å². The molecule has 0 saturated carbocycles. The summed E-state index contributed by atoms with van der Waals surface area (Å²) in [6.07, 6.45) is 0. The van der Waals surface area contributed by atoms with E-state index in [1.165, 1.54) is 4.90 Å². The molecule has 2 heterocycles. The van der Waals surface area contributed by atoms with Gasteiger partial charge >= 0.3 is 5.97 Å². The molecule has 5 nitrogen and oxygen atoms in total. The van der Waals surface area contributed by atoms with Gasteiger partial charge in [-0.25, -0.2) is 4.79 Å². The molecule has 0 saturated heterocycles. The summed E-state index contributed by atoms with van der Waals surface area (Å²) >= 11 is 0. The van der Waals surface area contributed by atoms with Gasteiger partial charge in [0.05, 0.1) is 11.7 Å². The van der Waals surface area contributed by atoms with Gasteiger partial charge in [-0.3, -0.25) is 4.79 Å². The third-order valence-corrected chi connectivity index (χ3v) is 6.13. The summed E-state index contributed by atoms with van der Waals surface area (Å²) in [6.45, 7) is 3.61. The van der Waals surface area contributed by atoms with E-state index in [4.69, 9.17) is 0 Å². The molecule has 5 rings (SSSR count). The maximum absolute atomic E-state index is 13.3. The van der Waals surface area contributed by atoms with Crippen molar-refractivity contribution in [2.24, 2.45) is 0 Å². The Balaban J connectivity index is 1.82. The van der Waals surface area contributed by atoms with E-state index >= 15 is 0 Å². The summed E-state index contributed by atoms with van der Waals surface area (Å²) in [5, 5.41) is 10.8. The topological polar surface area (TPSA) is 73.4 Å². The number of fused-ring (bicyclic) bond motifs is 2. The molecular weight excluding hydrogens is 388 g/mol. The number of amides is 1. The van der Waals surface area contributed by atoms with Crippen LogP contribution in [0.3, 0.4) is 0 Å². The second-order valence-electron chi connectivity index (χ2n) is 8.04. The zero-order valence-electron chi connectivity index (χ0n) is 17.3. The van der Waals surface area contributed by atoms with Crippen LogP contribution >= 0.6 is 0 Å². The number of carbonyl (C=O) groups excluding carboxylic acids is 1. The maximum Gasteiger partial charge on any atom is 0.326 e. The van der Waals surface area contributed by atoms with Gasteiger partial charge in [-0.15, -0.1) is 0 Å². The van der Waals surface area contributed by atoms with Crippen molar-refractivity contribution in [1.82, 2.24) is 9.88 Å². The lowest BCUT2D eigenvalue weighted by Gasteiger charge is -2.29. The van der Waals surface area contributed by atoms with Crippen LogP contribution in [0.5, 0.6) is 0 Å². The Bertz CT molecular complexity index is 1320. The fourth-order valence-electron chi connectivity index (χ4n) is 4.55. The second kappa shape index (κ2) is 7.13. The molecule has 1 aromatic heterocycles. The first-order chi connectivity index (χ1) is 15.0. The summed E-state index contributed by atoms with van der Waals surface area (Å²) < 4.78 is 0. The van der Waals surface area contributed by atoms with Gasteiger partial charge in [0, 0.05) is 22.0 Å². The summed E-state index contributed by atoms with van der Waals surface area (Å²) in [5.41, 5.74) is 6.32. The molecule has 3 aromatic carbocycles. The molecule has 5 heteroatoms. The number of nitrogens with zero attached hydrogens (tertiary/aromatic N) is 1. The molecule has 2 N–H and O–H groups in total. The number of aromatic amines is 1. The lowest BCUT2D eigenvalue weighted by Crippen LogP contribution is -2.41. The third kappa shape index (κ3) is 2.93. The predicted molar refractivity (Wildman–Crippen MR) is 120 cm³/mol. The monoisotopic (exact) mass is 410 g/mol. The standard InChI is InChI=1S/C26H22N2O3/c1-15-11-13-17(14-12-15)23-22(20-9-5-6-10-21(20)27-23)24-18-7-3-4-8-19(18)25(29)28(24)16(2)26(30)31/h3-14,16,24,27H,1-2H3,(H,30,31)/t16-,24-/m0/s1. The van der Waals surface area contributed by atoms with Crippen molar-refractivity contribution >= 4 is 22.8 Å². The van der Waals surface area contributed by atoms with Crippen LogP contribution in [0.1, 0.15) is 40.0 Å². The fourth-order valence-corrected chi connectivity index (χ4v) is 4.55. The molecule has 1 amide bonds. The second-order valence-corrected chi connectivity index (χ2v) is 8.04. The maximum atomic E-state index is 13.3. The first-order valence-electron chi connectivity index (χ1n) is 10.3. The van der Waals surface area contributed by atoms with E-state index in [1.807, 2.05) is 49.4 Å². The predicted octanol–water partition coefficient (Wildman–Crippen LogP) is 5.16. The Kier molecular flexibility index (Phi) is 4.40. The van der Waals surface area contributed by atoms with Crippen LogP contribution < -0.4 is 0 Å². The molecule has 4 aromatic rings. The minimum Gasteiger partial charge on any atom is -0.480 e. The summed E-state index contributed by atoms with van der Waals surface area (Å²) in [6, 6.07) is 22.1. The first kappa shape index (κ1) is 19.1. The normalized spacial score (nSPS) is 16.5. The van der Waals surface area contributed by atoms with Crippen molar-refractivity contribution in [2.45, 2.75) is 25.9 Å². The number of para-hydroxylation sites is 1. The number of aromatic nitrogens is 1. The van der Waals surface area contributed by atoms with Gasteiger partial charge in [-0.1, -0.05) is 66.2 Å². The Labute approximate surface area is 179 Å². The highest BCUT2D eigenvalue weighted by Gasteiger charge is 2.44. The highest BCUT2D eigenvalue weighted by atomic mass is 16.4. The number of carboxylic acids is 1. The largest absolute Gasteiger partial charge is 0.480 e. The minimum absolute atomic E-state index is 0.254. The average Bonchev–Trinajstić information content (AvgIpc) is 3.29. The molecule has 154 valence electrons. The van der Waals surface area contributed by atoms with Crippen molar-refractivity contribution in [3.8, 4) is 11.3 Å². The highest BCUT2D eigenvalue weighted by Crippen LogP contribution is 2.46. The van der Waals surface area contributed by atoms with Gasteiger partial charge in [0.2, 0.25) is 0 Å². The van der Waals surface area contributed by atoms with Crippen molar-refractivity contribution < 1.29 is 14.7 Å². The van der Waals surface area contributed by atoms with Gasteiger partial charge < -0.3 is 15.0 Å². The number of nitrogens with one attached hydrogen (secondary N) is 1. The summed E-state index contributed by atoms with van der Waals surface area (Å²) in [7, 11) is 0. The lowest BCUT2D eigenvalue weighted by molar-refractivity contribution is -0.142. The van der Waals surface area contributed by atoms with Crippen LogP contribution in [-0.4, -0.2) is 32.9 Å². The Morgan fingerprint density at radius 3 is 2.42 bits per heavy atom. The number of carboxylic acid groups (broad SMARTS) is 1. The van der Waals surface area contributed by atoms with Gasteiger partial charge in [0.15, 0.2) is 0 Å². The van der Waals surface area contributed by atoms with E-state index in [9.17, 15) is 14.7 Å². The molecule has 0 bridgehead atoms. The molecule has 0 fully saturated rings. The smallest absolute Gasteiger partial charge is 0.326 e. The molecule has 0 aliphatic carbocycles. The highest BCUT2D eigenvalue weighted by molar-refractivity contribution is 6.03. The van der Waals surface area contributed by atoms with Gasteiger partial charge in [0.1, 0.15) is 6.04 Å². The fraction of sp³-hybridized carbons (Fsp3) is 0.154. The Morgan fingerprint density at radius 1 is 1.00 bits per heavy atom. The molecule has 2 atom stereocenters. The molecular formula is C26H22N2O3. The quantitative estimate of drug-likeness (QED) is 0.488. The van der Waals surface area contributed by atoms with Crippen LogP contribution in [0.4, 0.5) is 0 Å². The molecule has 0 radical (unpaired) electrons. The van der Waals surface area contributed by atoms with Crippen LogP contribution in [0.15, 0.2) is 72.8 Å². The van der Waals surface area contributed by atoms with E-state index in [1.54, 1.807) is 13.0 Å². The zero-order valence-corrected chi connectivity index (χ0v) is 17.3. The van der Waals surface area contributed by atoms with E-state index in [0.29, 0.717) is 5.56 Å². The van der Waals surface area contributed by atoms with E-state index < -0.39 is 18.1 Å². The average molecular weight is 410 g/mol. The van der Waals surface area contributed by atoms with Crippen molar-refractivity contribution in [1.29, 1.82) is 0 Å². The number of hydrogen-bond donors (Lipinski definition) is 2. The number of H-pyrrole nitrogens is 1. The number of benzene rings is 3. The minimum atomic E-state index is -1.03. The number of hydrogen-bond acceptors (Lipinski definition) is 2. The van der Waals surface area contributed by atoms with Crippen LogP contribution in [0.25, 0.3) is 22.2 Å². The Hall–Kier alpha value is -3.86. The molecule has 0 unspecified atom stereocenters. The number of aryl methyl sites for hydroxylation is 1. The molecule has 31 heavy (non-hydrogen) atoms. The molecule has 0 spiro atoms. The molecule has 1 aliphatic rings. The Morgan fingerprint density at radius 2 is 1.68 bits per heavy atom. The molecule has 1 aliphatic heterocycles. The summed E-state index contributed by atoms with van der Waals surface area (Å²) in [4.78, 5) is 30.3. The van der Waals surface area contributed by atoms with Crippen molar-refractivity contribution in [2.75, 3.05) is 0 Å². The van der Waals surface area contributed by atoms with Crippen LogP contribution in [-0.2, 0) is 4.79 Å². The zero-order chi connectivity index (χ0) is 21.7.